The summed E-state index contributed by atoms with van der Waals surface area (Å²) in [5.74, 6) is 1.82. The van der Waals surface area contributed by atoms with E-state index in [1.807, 2.05) is 52.8 Å². The van der Waals surface area contributed by atoms with E-state index in [4.69, 9.17) is 16.0 Å². The fraction of sp³-hybridized carbons (Fsp3) is 0.350. The van der Waals surface area contributed by atoms with Crippen LogP contribution in [0.3, 0.4) is 0 Å². The summed E-state index contributed by atoms with van der Waals surface area (Å²) in [4.78, 5) is 16.9. The standard InChI is InChI=1S/C20H22ClN5O2S/c1-2-26-19(17-7-4-12-28-17)22-23-20(26)29-14-18(27)25-10-8-24(9-11-25)16-6-3-5-15(21)13-16/h3-7,12-13H,2,8-11,14H2,1H3. The zero-order valence-corrected chi connectivity index (χ0v) is 17.7. The van der Waals surface area contributed by atoms with Crippen molar-refractivity contribution in [2.75, 3.05) is 36.8 Å². The molecule has 7 nitrogen and oxygen atoms in total. The van der Waals surface area contributed by atoms with Gasteiger partial charge in [-0.1, -0.05) is 29.4 Å². The summed E-state index contributed by atoms with van der Waals surface area (Å²) in [6.07, 6.45) is 1.61. The average molecular weight is 432 g/mol. The molecule has 1 saturated heterocycles. The highest BCUT2D eigenvalue weighted by molar-refractivity contribution is 7.99. The highest BCUT2D eigenvalue weighted by Crippen LogP contribution is 2.25. The minimum atomic E-state index is 0.117. The van der Waals surface area contributed by atoms with E-state index in [9.17, 15) is 4.79 Å². The number of nitrogens with zero attached hydrogens (tertiary/aromatic N) is 5. The largest absolute Gasteiger partial charge is 0.461 e. The number of aromatic nitrogens is 3. The SMILES string of the molecule is CCn1c(SCC(=O)N2CCN(c3cccc(Cl)c3)CC2)nnc1-c1ccco1. The molecule has 9 heteroatoms. The summed E-state index contributed by atoms with van der Waals surface area (Å²) in [5.41, 5.74) is 1.10. The van der Waals surface area contributed by atoms with Crippen LogP contribution in [-0.4, -0.2) is 57.5 Å². The third-order valence-electron chi connectivity index (χ3n) is 4.91. The lowest BCUT2D eigenvalue weighted by Crippen LogP contribution is -2.49. The molecule has 0 unspecified atom stereocenters. The van der Waals surface area contributed by atoms with Crippen LogP contribution in [-0.2, 0) is 11.3 Å². The van der Waals surface area contributed by atoms with Gasteiger partial charge in [0.05, 0.1) is 12.0 Å². The van der Waals surface area contributed by atoms with Crippen LogP contribution in [0.2, 0.25) is 5.02 Å². The number of benzene rings is 1. The monoisotopic (exact) mass is 431 g/mol. The van der Waals surface area contributed by atoms with Crippen molar-refractivity contribution in [2.24, 2.45) is 0 Å². The number of halogens is 1. The normalized spacial score (nSPS) is 14.4. The van der Waals surface area contributed by atoms with Crippen molar-refractivity contribution in [3.63, 3.8) is 0 Å². The fourth-order valence-corrected chi connectivity index (χ4v) is 4.46. The number of furan rings is 1. The third kappa shape index (κ3) is 4.43. The lowest BCUT2D eigenvalue weighted by atomic mass is 10.2. The minimum absolute atomic E-state index is 0.117. The van der Waals surface area contributed by atoms with E-state index in [0.29, 0.717) is 37.0 Å². The summed E-state index contributed by atoms with van der Waals surface area (Å²) in [6.45, 7) is 5.72. The number of amides is 1. The maximum absolute atomic E-state index is 12.7. The molecule has 152 valence electrons. The molecule has 4 rings (SSSR count). The van der Waals surface area contributed by atoms with Crippen LogP contribution in [0.4, 0.5) is 5.69 Å². The van der Waals surface area contributed by atoms with Gasteiger partial charge >= 0.3 is 0 Å². The number of thioether (sulfide) groups is 1. The third-order valence-corrected chi connectivity index (χ3v) is 6.09. The van der Waals surface area contributed by atoms with E-state index in [0.717, 1.165) is 29.0 Å². The van der Waals surface area contributed by atoms with Crippen LogP contribution in [0.1, 0.15) is 6.92 Å². The van der Waals surface area contributed by atoms with E-state index >= 15 is 0 Å². The van der Waals surface area contributed by atoms with Gasteiger partial charge in [0.15, 0.2) is 16.7 Å². The Labute approximate surface area is 178 Å². The van der Waals surface area contributed by atoms with E-state index < -0.39 is 0 Å². The lowest BCUT2D eigenvalue weighted by molar-refractivity contribution is -0.128. The van der Waals surface area contributed by atoms with Crippen molar-refractivity contribution >= 4 is 35.0 Å². The van der Waals surface area contributed by atoms with Crippen LogP contribution in [0, 0.1) is 0 Å². The average Bonchev–Trinajstić information content (AvgIpc) is 3.41. The Morgan fingerprint density at radius 2 is 2.00 bits per heavy atom. The number of piperazine rings is 1. The van der Waals surface area contributed by atoms with Gasteiger partial charge in [0.1, 0.15) is 0 Å². The Bertz CT molecular complexity index is 967. The summed E-state index contributed by atoms with van der Waals surface area (Å²) in [7, 11) is 0. The molecule has 0 bridgehead atoms. The summed E-state index contributed by atoms with van der Waals surface area (Å²) in [5, 5.41) is 9.93. The number of carbonyl (C=O) groups is 1. The van der Waals surface area contributed by atoms with Gasteiger partial charge in [-0.2, -0.15) is 0 Å². The van der Waals surface area contributed by atoms with E-state index in [1.54, 1.807) is 6.26 Å². The van der Waals surface area contributed by atoms with Gasteiger partial charge in [0.2, 0.25) is 5.91 Å². The van der Waals surface area contributed by atoms with Crippen LogP contribution in [0.15, 0.2) is 52.2 Å². The molecular weight excluding hydrogens is 410 g/mol. The van der Waals surface area contributed by atoms with E-state index in [1.165, 1.54) is 11.8 Å². The molecule has 3 aromatic rings. The van der Waals surface area contributed by atoms with Crippen molar-refractivity contribution < 1.29 is 9.21 Å². The summed E-state index contributed by atoms with van der Waals surface area (Å²) in [6, 6.07) is 11.5. The summed E-state index contributed by atoms with van der Waals surface area (Å²) < 4.78 is 7.40. The molecule has 1 aliphatic rings. The first-order valence-electron chi connectivity index (χ1n) is 9.54. The first-order chi connectivity index (χ1) is 14.2. The zero-order chi connectivity index (χ0) is 20.2. The second-order valence-corrected chi connectivity index (χ2v) is 8.04. The van der Waals surface area contributed by atoms with Gasteiger partial charge in [0, 0.05) is 43.4 Å². The van der Waals surface area contributed by atoms with E-state index in [-0.39, 0.29) is 5.91 Å². The van der Waals surface area contributed by atoms with Crippen LogP contribution in [0.5, 0.6) is 0 Å². The van der Waals surface area contributed by atoms with Gasteiger partial charge in [-0.25, -0.2) is 0 Å². The molecule has 29 heavy (non-hydrogen) atoms. The molecule has 0 aliphatic carbocycles. The zero-order valence-electron chi connectivity index (χ0n) is 16.1. The molecular formula is C20H22ClN5O2S. The molecule has 1 amide bonds. The van der Waals surface area contributed by atoms with Crippen molar-refractivity contribution in [1.29, 1.82) is 0 Å². The van der Waals surface area contributed by atoms with Crippen LogP contribution >= 0.6 is 23.4 Å². The molecule has 0 spiro atoms. The number of rotatable bonds is 6. The van der Waals surface area contributed by atoms with Crippen molar-refractivity contribution in [1.82, 2.24) is 19.7 Å². The topological polar surface area (TPSA) is 67.4 Å². The molecule has 1 aromatic carbocycles. The molecule has 3 heterocycles. The lowest BCUT2D eigenvalue weighted by Gasteiger charge is -2.36. The first kappa shape index (κ1) is 19.8. The molecule has 2 aromatic heterocycles. The highest BCUT2D eigenvalue weighted by atomic mass is 35.5. The van der Waals surface area contributed by atoms with Crippen molar-refractivity contribution in [3.8, 4) is 11.6 Å². The molecule has 0 atom stereocenters. The molecule has 1 aliphatic heterocycles. The van der Waals surface area contributed by atoms with Crippen LogP contribution < -0.4 is 4.90 Å². The second kappa shape index (κ2) is 8.92. The first-order valence-corrected chi connectivity index (χ1v) is 10.9. The second-order valence-electron chi connectivity index (χ2n) is 6.66. The number of hydrogen-bond acceptors (Lipinski definition) is 6. The van der Waals surface area contributed by atoms with Crippen molar-refractivity contribution in [2.45, 2.75) is 18.6 Å². The van der Waals surface area contributed by atoms with Crippen molar-refractivity contribution in [3.05, 3.63) is 47.7 Å². The van der Waals surface area contributed by atoms with Crippen LogP contribution in [0.25, 0.3) is 11.6 Å². The van der Waals surface area contributed by atoms with Gasteiger partial charge in [-0.3, -0.25) is 9.36 Å². The fourth-order valence-electron chi connectivity index (χ4n) is 3.37. The number of carbonyl (C=O) groups excluding carboxylic acids is 1. The Kier molecular flexibility index (Phi) is 6.10. The highest BCUT2D eigenvalue weighted by Gasteiger charge is 2.23. The predicted octanol–water partition coefficient (Wildman–Crippen LogP) is 3.65. The molecule has 1 fully saturated rings. The maximum Gasteiger partial charge on any atom is 0.233 e. The minimum Gasteiger partial charge on any atom is -0.461 e. The molecule has 0 radical (unpaired) electrons. The smallest absolute Gasteiger partial charge is 0.233 e. The Hall–Kier alpha value is -2.45. The predicted molar refractivity (Wildman–Crippen MR) is 114 cm³/mol. The Morgan fingerprint density at radius 3 is 2.69 bits per heavy atom. The molecule has 0 saturated carbocycles. The quantitative estimate of drug-likeness (QED) is 0.555. The van der Waals surface area contributed by atoms with Gasteiger partial charge in [-0.05, 0) is 37.3 Å². The van der Waals surface area contributed by atoms with Gasteiger partial charge in [0.25, 0.3) is 0 Å². The van der Waals surface area contributed by atoms with Gasteiger partial charge in [-0.15, -0.1) is 10.2 Å². The van der Waals surface area contributed by atoms with Gasteiger partial charge < -0.3 is 14.2 Å². The number of hydrogen-bond donors (Lipinski definition) is 0. The van der Waals surface area contributed by atoms with E-state index in [2.05, 4.69) is 15.1 Å². The summed E-state index contributed by atoms with van der Waals surface area (Å²) >= 11 is 7.50. The Morgan fingerprint density at radius 1 is 1.17 bits per heavy atom. The maximum atomic E-state index is 12.7. The Balaban J connectivity index is 1.33. The molecule has 0 N–H and O–H groups in total. The number of anilines is 1.